The number of carboxylic acids is 1. The molecule has 0 aliphatic carbocycles. The summed E-state index contributed by atoms with van der Waals surface area (Å²) in [4.78, 5) is 10.6. The van der Waals surface area contributed by atoms with E-state index in [0.29, 0.717) is 12.3 Å². The van der Waals surface area contributed by atoms with Crippen LogP contribution in [0, 0.1) is 0 Å². The number of hydrogen-bond acceptors (Lipinski definition) is 5. The molecule has 0 unspecified atom stereocenters. The minimum absolute atomic E-state index is 0.0473. The maximum absolute atomic E-state index is 10.6. The quantitative estimate of drug-likeness (QED) is 0.756. The topological polar surface area (TPSA) is 75.4 Å². The van der Waals surface area contributed by atoms with Crippen molar-refractivity contribution < 1.29 is 14.4 Å². The second-order valence-electron chi connectivity index (χ2n) is 4.18. The summed E-state index contributed by atoms with van der Waals surface area (Å²) >= 11 is 1.86. The lowest BCUT2D eigenvalue weighted by Gasteiger charge is -2.29. The average Bonchev–Trinajstić information content (AvgIpc) is 2.84. The molecule has 1 aromatic heterocycles. The van der Waals surface area contributed by atoms with Gasteiger partial charge in [-0.25, -0.2) is 4.79 Å². The SMILES string of the molecule is CCC(CC)(CNCc1cc(C(=O)O)no1)SC. The van der Waals surface area contributed by atoms with Crippen molar-refractivity contribution in [2.45, 2.75) is 38.0 Å². The fourth-order valence-corrected chi connectivity index (χ4v) is 2.60. The van der Waals surface area contributed by atoms with Crippen molar-refractivity contribution in [3.8, 4) is 0 Å². The fourth-order valence-electron chi connectivity index (χ4n) is 1.77. The van der Waals surface area contributed by atoms with E-state index in [4.69, 9.17) is 9.63 Å². The number of hydrogen-bond donors (Lipinski definition) is 2. The largest absolute Gasteiger partial charge is 0.476 e. The average molecular weight is 272 g/mol. The van der Waals surface area contributed by atoms with Gasteiger partial charge in [0.2, 0.25) is 0 Å². The second-order valence-corrected chi connectivity index (χ2v) is 5.46. The van der Waals surface area contributed by atoms with Crippen molar-refractivity contribution in [1.29, 1.82) is 0 Å². The van der Waals surface area contributed by atoms with Crippen LogP contribution in [0.25, 0.3) is 0 Å². The Balaban J connectivity index is 2.47. The highest BCUT2D eigenvalue weighted by atomic mass is 32.2. The number of nitrogens with one attached hydrogen (secondary N) is 1. The van der Waals surface area contributed by atoms with Crippen molar-refractivity contribution in [3.63, 3.8) is 0 Å². The Morgan fingerprint density at radius 2 is 2.22 bits per heavy atom. The summed E-state index contributed by atoms with van der Waals surface area (Å²) in [6, 6.07) is 1.45. The summed E-state index contributed by atoms with van der Waals surface area (Å²) in [7, 11) is 0. The molecule has 0 bridgehead atoms. The van der Waals surface area contributed by atoms with E-state index in [9.17, 15) is 4.79 Å². The van der Waals surface area contributed by atoms with Crippen LogP contribution in [0.1, 0.15) is 42.9 Å². The van der Waals surface area contributed by atoms with Gasteiger partial charge >= 0.3 is 5.97 Å². The van der Waals surface area contributed by atoms with E-state index >= 15 is 0 Å². The monoisotopic (exact) mass is 272 g/mol. The Hall–Kier alpha value is -1.01. The minimum atomic E-state index is -1.06. The van der Waals surface area contributed by atoms with Crippen molar-refractivity contribution >= 4 is 17.7 Å². The third kappa shape index (κ3) is 3.74. The molecule has 18 heavy (non-hydrogen) atoms. The molecule has 0 aliphatic heterocycles. The van der Waals surface area contributed by atoms with Gasteiger partial charge in [0.1, 0.15) is 0 Å². The molecule has 0 radical (unpaired) electrons. The molecule has 1 rings (SSSR count). The number of thioether (sulfide) groups is 1. The Kier molecular flexibility index (Phi) is 5.68. The first-order valence-corrected chi connectivity index (χ1v) is 7.24. The van der Waals surface area contributed by atoms with Gasteiger partial charge < -0.3 is 14.9 Å². The Labute approximate surface area is 111 Å². The number of aromatic nitrogens is 1. The predicted molar refractivity (Wildman–Crippen MR) is 72.0 cm³/mol. The molecule has 0 saturated carbocycles. The van der Waals surface area contributed by atoms with Crippen LogP contribution in [0.15, 0.2) is 10.6 Å². The van der Waals surface area contributed by atoms with Crippen LogP contribution in [-0.2, 0) is 6.54 Å². The first-order valence-electron chi connectivity index (χ1n) is 6.01. The third-order valence-electron chi connectivity index (χ3n) is 3.25. The van der Waals surface area contributed by atoms with Gasteiger partial charge in [-0.2, -0.15) is 11.8 Å². The summed E-state index contributed by atoms with van der Waals surface area (Å²) < 4.78 is 5.17. The van der Waals surface area contributed by atoms with Crippen LogP contribution >= 0.6 is 11.8 Å². The van der Waals surface area contributed by atoms with E-state index < -0.39 is 5.97 Å². The lowest BCUT2D eigenvalue weighted by molar-refractivity contribution is 0.0685. The minimum Gasteiger partial charge on any atom is -0.476 e. The Morgan fingerprint density at radius 1 is 1.56 bits per heavy atom. The predicted octanol–water partition coefficient (Wildman–Crippen LogP) is 2.38. The highest BCUT2D eigenvalue weighted by molar-refractivity contribution is 8.00. The van der Waals surface area contributed by atoms with Gasteiger partial charge in [-0.05, 0) is 19.1 Å². The molecule has 0 amide bonds. The van der Waals surface area contributed by atoms with Gasteiger partial charge in [-0.15, -0.1) is 0 Å². The smallest absolute Gasteiger partial charge is 0.358 e. The van der Waals surface area contributed by atoms with Crippen LogP contribution in [0.4, 0.5) is 0 Å². The fraction of sp³-hybridized carbons (Fsp3) is 0.667. The maximum atomic E-state index is 10.6. The number of aromatic carboxylic acids is 1. The summed E-state index contributed by atoms with van der Waals surface area (Å²) in [5, 5.41) is 15.5. The van der Waals surface area contributed by atoms with Gasteiger partial charge in [0.15, 0.2) is 11.5 Å². The number of carboxylic acid groups (broad SMARTS) is 1. The zero-order chi connectivity index (χ0) is 13.6. The number of rotatable bonds is 8. The standard InChI is InChI=1S/C12H20N2O3S/c1-4-12(5-2,18-3)8-13-7-9-6-10(11(15)16)14-17-9/h6,13H,4-5,7-8H2,1-3H3,(H,15,16). The highest BCUT2D eigenvalue weighted by Gasteiger charge is 2.24. The van der Waals surface area contributed by atoms with Crippen molar-refractivity contribution in [2.75, 3.05) is 12.8 Å². The number of nitrogens with zero attached hydrogens (tertiary/aromatic N) is 1. The van der Waals surface area contributed by atoms with E-state index in [-0.39, 0.29) is 10.4 Å². The molecule has 1 aromatic rings. The van der Waals surface area contributed by atoms with Crippen LogP contribution < -0.4 is 5.32 Å². The molecule has 0 aromatic carbocycles. The number of carbonyl (C=O) groups is 1. The van der Waals surface area contributed by atoms with E-state index in [0.717, 1.165) is 19.4 Å². The van der Waals surface area contributed by atoms with Gasteiger partial charge in [-0.3, -0.25) is 0 Å². The van der Waals surface area contributed by atoms with Crippen LogP contribution in [0.5, 0.6) is 0 Å². The van der Waals surface area contributed by atoms with Crippen molar-refractivity contribution in [3.05, 3.63) is 17.5 Å². The van der Waals surface area contributed by atoms with Crippen LogP contribution in [0.3, 0.4) is 0 Å². The first kappa shape index (κ1) is 15.0. The molecule has 0 fully saturated rings. The summed E-state index contributed by atoms with van der Waals surface area (Å²) in [5.74, 6) is -0.514. The van der Waals surface area contributed by atoms with Gasteiger partial charge in [-0.1, -0.05) is 19.0 Å². The van der Waals surface area contributed by atoms with E-state index in [1.54, 1.807) is 0 Å². The lowest BCUT2D eigenvalue weighted by atomic mass is 10.0. The molecule has 5 nitrogen and oxygen atoms in total. The molecule has 0 atom stereocenters. The normalized spacial score (nSPS) is 11.7. The molecule has 0 spiro atoms. The highest BCUT2D eigenvalue weighted by Crippen LogP contribution is 2.29. The summed E-state index contributed by atoms with van der Waals surface area (Å²) in [6.45, 7) is 5.73. The lowest BCUT2D eigenvalue weighted by Crippen LogP contribution is -2.36. The third-order valence-corrected chi connectivity index (χ3v) is 4.83. The van der Waals surface area contributed by atoms with E-state index in [2.05, 4.69) is 30.6 Å². The van der Waals surface area contributed by atoms with Crippen LogP contribution in [0.2, 0.25) is 0 Å². The molecule has 2 N–H and O–H groups in total. The van der Waals surface area contributed by atoms with Gasteiger partial charge in [0.25, 0.3) is 0 Å². The van der Waals surface area contributed by atoms with Crippen LogP contribution in [-0.4, -0.2) is 33.8 Å². The molecular formula is C12H20N2O3S. The summed E-state index contributed by atoms with van der Waals surface area (Å²) in [6.07, 6.45) is 4.30. The van der Waals surface area contributed by atoms with Gasteiger partial charge in [0.05, 0.1) is 6.54 Å². The molecular weight excluding hydrogens is 252 g/mol. The first-order chi connectivity index (χ1) is 8.56. The maximum Gasteiger partial charge on any atom is 0.358 e. The molecule has 6 heteroatoms. The van der Waals surface area contributed by atoms with Crippen molar-refractivity contribution in [1.82, 2.24) is 10.5 Å². The second kappa shape index (κ2) is 6.80. The molecule has 102 valence electrons. The van der Waals surface area contributed by atoms with E-state index in [1.807, 2.05) is 11.8 Å². The van der Waals surface area contributed by atoms with Gasteiger partial charge in [0, 0.05) is 17.4 Å². The van der Waals surface area contributed by atoms with Crippen molar-refractivity contribution in [2.24, 2.45) is 0 Å². The zero-order valence-electron chi connectivity index (χ0n) is 11.0. The summed E-state index contributed by atoms with van der Waals surface area (Å²) in [5.41, 5.74) is -0.0473. The van der Waals surface area contributed by atoms with E-state index in [1.165, 1.54) is 6.07 Å². The molecule has 0 aliphatic rings. The molecule has 0 saturated heterocycles. The Morgan fingerprint density at radius 3 is 2.67 bits per heavy atom. The molecule has 1 heterocycles. The zero-order valence-corrected chi connectivity index (χ0v) is 11.8. The Bertz CT molecular complexity index is 380.